The highest BCUT2D eigenvalue weighted by Crippen LogP contribution is 2.39. The van der Waals surface area contributed by atoms with Crippen LogP contribution in [0.1, 0.15) is 25.0 Å². The summed E-state index contributed by atoms with van der Waals surface area (Å²) in [7, 11) is 4.41. The Morgan fingerprint density at radius 2 is 1.36 bits per heavy atom. The maximum Gasteiger partial charge on any atom is 0.356 e. The molecule has 0 spiro atoms. The molecule has 0 saturated heterocycles. The molecule has 21 heteroatoms. The van der Waals surface area contributed by atoms with E-state index in [0.717, 1.165) is 10.0 Å². The van der Waals surface area contributed by atoms with Gasteiger partial charge in [0.05, 0.1) is 58.3 Å². The third kappa shape index (κ3) is 10.1. The van der Waals surface area contributed by atoms with Gasteiger partial charge < -0.3 is 23.7 Å². The Hall–Kier alpha value is -6.80. The summed E-state index contributed by atoms with van der Waals surface area (Å²) in [6.45, 7) is 3.73. The van der Waals surface area contributed by atoms with Crippen molar-refractivity contribution in [3.8, 4) is 28.7 Å². The lowest BCUT2D eigenvalue weighted by Crippen LogP contribution is -2.56. The summed E-state index contributed by atoms with van der Waals surface area (Å²) in [4.78, 5) is 48.2. The van der Waals surface area contributed by atoms with E-state index >= 15 is 0 Å². The van der Waals surface area contributed by atoms with Gasteiger partial charge in [0.2, 0.25) is 5.75 Å². The van der Waals surface area contributed by atoms with Gasteiger partial charge in [-0.1, -0.05) is 0 Å². The zero-order valence-corrected chi connectivity index (χ0v) is 27.7. The molecular formula is C29H36N12O9. The molecule has 2 aliphatic heterocycles. The minimum absolute atomic E-state index is 0.0415. The van der Waals surface area contributed by atoms with Crippen LogP contribution >= 0.6 is 0 Å². The fourth-order valence-corrected chi connectivity index (χ4v) is 4.22. The molecule has 0 saturated carbocycles. The summed E-state index contributed by atoms with van der Waals surface area (Å²) in [5.74, 6) is 1.80. The van der Waals surface area contributed by atoms with Crippen molar-refractivity contribution >= 4 is 48.0 Å². The minimum Gasteiger partial charge on any atom is -0.497 e. The first kappa shape index (κ1) is 36.0. The van der Waals surface area contributed by atoms with Crippen LogP contribution < -0.4 is 56.2 Å². The average Bonchev–Trinajstić information content (AvgIpc) is 3.09. The molecule has 0 radical (unpaired) electrons. The number of hydrazone groups is 4. The highest BCUT2D eigenvalue weighted by atomic mass is 16.5. The lowest BCUT2D eigenvalue weighted by molar-refractivity contribution is 0.173. The number of urea groups is 4. The standard InChI is InChI=1S/C29H36N12O9/c1-17-15-40(28(44)36-32-17)38-26(42)34-30-13-19-10-21(46-3)12-22(11-19)49-8-9-50-24-20(6-7-23(47-4)25(24)48-5)14-31-35-27(43)39-41-16-18(2)33-37-29(41)45/h6-7,10-14H,8-9,15-16H2,1-5H3,(H,36,44)(H,37,45)(H2,34,38,42)(H2,35,39,43)/b30-13+,31-14+. The number of hydrogen-bond acceptors (Lipinski definition) is 13. The van der Waals surface area contributed by atoms with E-state index in [9.17, 15) is 19.2 Å². The maximum atomic E-state index is 12.3. The lowest BCUT2D eigenvalue weighted by atomic mass is 10.2. The number of nitrogens with zero attached hydrogens (tertiary/aromatic N) is 6. The second kappa shape index (κ2) is 17.4. The molecule has 2 aliphatic rings. The topological polar surface area (TPSA) is 243 Å². The van der Waals surface area contributed by atoms with Gasteiger partial charge >= 0.3 is 24.1 Å². The molecule has 0 aromatic heterocycles. The van der Waals surface area contributed by atoms with E-state index in [0.29, 0.717) is 39.8 Å². The lowest BCUT2D eigenvalue weighted by Gasteiger charge is -2.25. The van der Waals surface area contributed by atoms with Gasteiger partial charge in [0.1, 0.15) is 24.7 Å². The predicted octanol–water partition coefficient (Wildman–Crippen LogP) is 1.07. The van der Waals surface area contributed by atoms with Gasteiger partial charge in [-0.2, -0.15) is 20.4 Å². The summed E-state index contributed by atoms with van der Waals surface area (Å²) in [5.41, 5.74) is 16.0. The van der Waals surface area contributed by atoms with Crippen molar-refractivity contribution in [1.82, 2.24) is 42.6 Å². The summed E-state index contributed by atoms with van der Waals surface area (Å²) >= 11 is 0. The van der Waals surface area contributed by atoms with Crippen LogP contribution in [0.4, 0.5) is 19.2 Å². The van der Waals surface area contributed by atoms with Gasteiger partial charge in [-0.3, -0.25) is 0 Å². The number of hydrogen-bond donors (Lipinski definition) is 6. The number of hydrazine groups is 2. The number of carbonyl (C=O) groups is 4. The van der Waals surface area contributed by atoms with E-state index in [1.165, 1.54) is 33.8 Å². The summed E-state index contributed by atoms with van der Waals surface area (Å²) < 4.78 is 28.2. The van der Waals surface area contributed by atoms with Crippen molar-refractivity contribution in [1.29, 1.82) is 0 Å². The molecule has 2 aromatic carbocycles. The van der Waals surface area contributed by atoms with Gasteiger partial charge in [-0.25, -0.2) is 61.8 Å². The molecule has 0 fully saturated rings. The van der Waals surface area contributed by atoms with Gasteiger partial charge in [-0.05, 0) is 38.1 Å². The van der Waals surface area contributed by atoms with Crippen LogP contribution in [0.5, 0.6) is 28.7 Å². The first-order valence-corrected chi connectivity index (χ1v) is 14.7. The second-order valence-corrected chi connectivity index (χ2v) is 10.2. The number of nitrogens with one attached hydrogen (secondary N) is 6. The molecule has 2 heterocycles. The highest BCUT2D eigenvalue weighted by Gasteiger charge is 2.22. The van der Waals surface area contributed by atoms with E-state index in [4.69, 9.17) is 23.7 Å². The van der Waals surface area contributed by atoms with Crippen LogP contribution in [0, 0.1) is 0 Å². The molecule has 0 aliphatic carbocycles. The van der Waals surface area contributed by atoms with Crippen LogP contribution in [-0.4, -0.2) is 106 Å². The van der Waals surface area contributed by atoms with E-state index in [1.807, 2.05) is 0 Å². The average molecular weight is 697 g/mol. The number of carbonyl (C=O) groups excluding carboxylic acids is 4. The molecule has 0 atom stereocenters. The molecule has 266 valence electrons. The van der Waals surface area contributed by atoms with Crippen molar-refractivity contribution in [3.05, 3.63) is 41.5 Å². The van der Waals surface area contributed by atoms with E-state index in [-0.39, 0.29) is 37.8 Å². The Morgan fingerprint density at radius 1 is 0.780 bits per heavy atom. The number of benzene rings is 2. The Bertz CT molecular complexity index is 1710. The summed E-state index contributed by atoms with van der Waals surface area (Å²) in [6.07, 6.45) is 2.70. The van der Waals surface area contributed by atoms with Gasteiger partial charge in [0.25, 0.3) is 0 Å². The zero-order valence-electron chi connectivity index (χ0n) is 27.7. The molecule has 0 unspecified atom stereocenters. The SMILES string of the molecule is COc1cc(/C=N/NC(=O)NN2CC(C)=NNC2=O)cc(OCCOc2c(/C=N/NC(=O)NN3CC(C)=NNC3=O)ccc(OC)c2OC)c1. The summed E-state index contributed by atoms with van der Waals surface area (Å²) in [6, 6.07) is 5.58. The third-order valence-corrected chi connectivity index (χ3v) is 6.44. The van der Waals surface area contributed by atoms with Crippen molar-refractivity contribution in [2.75, 3.05) is 47.6 Å². The Kier molecular flexibility index (Phi) is 12.5. The summed E-state index contributed by atoms with van der Waals surface area (Å²) in [5, 5.41) is 17.5. The van der Waals surface area contributed by atoms with Crippen molar-refractivity contribution in [3.63, 3.8) is 0 Å². The number of methoxy groups -OCH3 is 3. The zero-order chi connectivity index (χ0) is 36.0. The predicted molar refractivity (Wildman–Crippen MR) is 179 cm³/mol. The van der Waals surface area contributed by atoms with Gasteiger partial charge in [0.15, 0.2) is 11.5 Å². The fourth-order valence-electron chi connectivity index (χ4n) is 4.22. The molecule has 21 nitrogen and oxygen atoms in total. The first-order chi connectivity index (χ1) is 24.1. The second-order valence-electron chi connectivity index (χ2n) is 10.2. The van der Waals surface area contributed by atoms with E-state index < -0.39 is 24.1 Å². The van der Waals surface area contributed by atoms with Crippen LogP contribution in [0.15, 0.2) is 50.7 Å². The van der Waals surface area contributed by atoms with Crippen molar-refractivity contribution in [2.24, 2.45) is 20.4 Å². The van der Waals surface area contributed by atoms with Crippen LogP contribution in [0.2, 0.25) is 0 Å². The fraction of sp³-hybridized carbons (Fsp3) is 0.310. The van der Waals surface area contributed by atoms with Gasteiger partial charge in [-0.15, -0.1) is 0 Å². The minimum atomic E-state index is -0.763. The quantitative estimate of drug-likeness (QED) is 0.0939. The molecule has 0 bridgehead atoms. The molecule has 6 N–H and O–H groups in total. The molecule has 2 aromatic rings. The molecule has 8 amide bonds. The normalized spacial score (nSPS) is 14.3. The third-order valence-electron chi connectivity index (χ3n) is 6.44. The Labute approximate surface area is 285 Å². The Morgan fingerprint density at radius 3 is 1.94 bits per heavy atom. The van der Waals surface area contributed by atoms with E-state index in [1.54, 1.807) is 44.2 Å². The molecule has 4 rings (SSSR count). The van der Waals surface area contributed by atoms with Crippen LogP contribution in [-0.2, 0) is 0 Å². The number of rotatable bonds is 14. The monoisotopic (exact) mass is 696 g/mol. The van der Waals surface area contributed by atoms with Crippen molar-refractivity contribution < 1.29 is 42.9 Å². The maximum absolute atomic E-state index is 12.3. The first-order valence-electron chi connectivity index (χ1n) is 14.7. The largest absolute Gasteiger partial charge is 0.497 e. The van der Waals surface area contributed by atoms with Crippen LogP contribution in [0.3, 0.4) is 0 Å². The smallest absolute Gasteiger partial charge is 0.356 e. The highest BCUT2D eigenvalue weighted by molar-refractivity contribution is 5.94. The van der Waals surface area contributed by atoms with Crippen LogP contribution in [0.25, 0.3) is 0 Å². The van der Waals surface area contributed by atoms with Crippen molar-refractivity contribution in [2.45, 2.75) is 13.8 Å². The van der Waals surface area contributed by atoms with Gasteiger partial charge in [0, 0.05) is 17.2 Å². The van der Waals surface area contributed by atoms with E-state index in [2.05, 4.69) is 53.0 Å². The Balaban J connectivity index is 1.34. The molecule has 50 heavy (non-hydrogen) atoms. The molecular weight excluding hydrogens is 660 g/mol. The number of ether oxygens (including phenoxy) is 5. The number of amides is 8.